The molecule has 0 heterocycles. The molecule has 0 spiro atoms. The van der Waals surface area contributed by atoms with Gasteiger partial charge in [0.1, 0.15) is 0 Å². The van der Waals surface area contributed by atoms with Crippen molar-refractivity contribution >= 4 is 16.1 Å². The van der Waals surface area contributed by atoms with Crippen LogP contribution in [-0.4, -0.2) is 30.0 Å². The molecule has 0 bridgehead atoms. The highest BCUT2D eigenvalue weighted by atomic mass is 32.2. The van der Waals surface area contributed by atoms with E-state index in [0.717, 1.165) is 0 Å². The second-order valence-corrected chi connectivity index (χ2v) is 4.56. The zero-order valence-electron chi connectivity index (χ0n) is 8.82. The second kappa shape index (κ2) is 5.05. The Balaban J connectivity index is 5.48. The molecule has 0 saturated heterocycles. The van der Waals surface area contributed by atoms with Gasteiger partial charge in [0.2, 0.25) is 0 Å². The topological polar surface area (TPSA) is 80.7 Å². The average Bonchev–Trinajstić information content (AvgIpc) is 2.15. The summed E-state index contributed by atoms with van der Waals surface area (Å²) in [6, 6.07) is 0. The summed E-state index contributed by atoms with van der Waals surface area (Å²) in [5, 5.41) is -5.26. The predicted octanol–water partition coefficient (Wildman–Crippen LogP) is 1.66. The van der Waals surface area contributed by atoms with Gasteiger partial charge in [0, 0.05) is 12.5 Å². The van der Waals surface area contributed by atoms with Gasteiger partial charge in [-0.2, -0.15) is 21.6 Å². The minimum Gasteiger partial charge on any atom is -0.417 e. The third-order valence-electron chi connectivity index (χ3n) is 1.76. The van der Waals surface area contributed by atoms with Crippen LogP contribution >= 0.6 is 0 Å². The zero-order valence-corrected chi connectivity index (χ0v) is 9.64. The Morgan fingerprint density at radius 3 is 2.24 bits per heavy atom. The van der Waals surface area contributed by atoms with Crippen molar-refractivity contribution in [3.05, 3.63) is 12.7 Å². The first-order chi connectivity index (χ1) is 7.52. The molecule has 0 aromatic carbocycles. The number of halogens is 3. The standard InChI is InChI=1S/C8H11F3O5S/c1-3-5-7(9,16-6(12)4-2)8(10,11)17(13,14)15/h4H,2-3,5H2,1H3,(H,13,14,15). The maximum atomic E-state index is 13.7. The van der Waals surface area contributed by atoms with Crippen molar-refractivity contribution in [2.75, 3.05) is 0 Å². The highest BCUT2D eigenvalue weighted by molar-refractivity contribution is 7.87. The summed E-state index contributed by atoms with van der Waals surface area (Å²) in [5.74, 6) is -5.70. The molecular weight excluding hydrogens is 265 g/mol. The molecule has 0 aromatic rings. The van der Waals surface area contributed by atoms with Gasteiger partial charge in [-0.25, -0.2) is 4.79 Å². The number of alkyl halides is 3. The highest BCUT2D eigenvalue weighted by Gasteiger charge is 2.66. The molecule has 5 nitrogen and oxygen atoms in total. The molecule has 1 unspecified atom stereocenters. The Bertz CT molecular complexity index is 405. The lowest BCUT2D eigenvalue weighted by Crippen LogP contribution is -2.52. The van der Waals surface area contributed by atoms with Crippen molar-refractivity contribution in [2.24, 2.45) is 0 Å². The van der Waals surface area contributed by atoms with Crippen LogP contribution in [-0.2, 0) is 19.6 Å². The van der Waals surface area contributed by atoms with Crippen LogP contribution in [0, 0.1) is 0 Å². The first-order valence-corrected chi connectivity index (χ1v) is 5.85. The Morgan fingerprint density at radius 2 is 1.94 bits per heavy atom. The molecule has 0 aromatic heterocycles. The highest BCUT2D eigenvalue weighted by Crippen LogP contribution is 2.41. The summed E-state index contributed by atoms with van der Waals surface area (Å²) in [6.07, 6.45) is -0.949. The van der Waals surface area contributed by atoms with Crippen molar-refractivity contribution < 1.29 is 35.7 Å². The SMILES string of the molecule is C=CC(=O)OC(F)(CCC)C(F)(F)S(=O)(=O)O. The summed E-state index contributed by atoms with van der Waals surface area (Å²) in [7, 11) is -6.06. The molecule has 0 radical (unpaired) electrons. The van der Waals surface area contributed by atoms with E-state index in [-0.39, 0.29) is 6.42 Å². The van der Waals surface area contributed by atoms with Crippen molar-refractivity contribution in [3.63, 3.8) is 0 Å². The molecule has 0 saturated carbocycles. The van der Waals surface area contributed by atoms with E-state index in [1.54, 1.807) is 0 Å². The van der Waals surface area contributed by atoms with E-state index in [1.807, 2.05) is 0 Å². The van der Waals surface area contributed by atoms with Gasteiger partial charge in [-0.3, -0.25) is 4.55 Å². The van der Waals surface area contributed by atoms with Crippen LogP contribution in [0.25, 0.3) is 0 Å². The van der Waals surface area contributed by atoms with Gasteiger partial charge >= 0.3 is 27.2 Å². The monoisotopic (exact) mass is 276 g/mol. The minimum atomic E-state index is -6.06. The molecule has 0 aliphatic rings. The molecule has 0 fully saturated rings. The molecule has 0 amide bonds. The molecule has 9 heteroatoms. The van der Waals surface area contributed by atoms with Crippen LogP contribution in [0.15, 0.2) is 12.7 Å². The van der Waals surface area contributed by atoms with Gasteiger partial charge in [0.25, 0.3) is 0 Å². The lowest BCUT2D eigenvalue weighted by Gasteiger charge is -2.29. The van der Waals surface area contributed by atoms with Gasteiger partial charge in [-0.15, -0.1) is 0 Å². The van der Waals surface area contributed by atoms with Crippen molar-refractivity contribution in [1.29, 1.82) is 0 Å². The van der Waals surface area contributed by atoms with Crippen molar-refractivity contribution in [3.8, 4) is 0 Å². The molecule has 17 heavy (non-hydrogen) atoms. The van der Waals surface area contributed by atoms with Crippen molar-refractivity contribution in [1.82, 2.24) is 0 Å². The van der Waals surface area contributed by atoms with E-state index < -0.39 is 33.6 Å². The molecule has 0 aliphatic carbocycles. The lowest BCUT2D eigenvalue weighted by molar-refractivity contribution is -0.236. The van der Waals surface area contributed by atoms with E-state index in [9.17, 15) is 26.4 Å². The molecule has 100 valence electrons. The largest absolute Gasteiger partial charge is 0.438 e. The smallest absolute Gasteiger partial charge is 0.417 e. The minimum absolute atomic E-state index is 0.244. The van der Waals surface area contributed by atoms with Crippen LogP contribution in [0.2, 0.25) is 0 Å². The molecular formula is C8H11F3O5S. The number of carbonyl (C=O) groups is 1. The Labute approximate surface area is 96.0 Å². The molecule has 0 aliphatic heterocycles. The number of hydrogen-bond donors (Lipinski definition) is 1. The zero-order chi connectivity index (χ0) is 13.9. The average molecular weight is 276 g/mol. The van der Waals surface area contributed by atoms with E-state index in [4.69, 9.17) is 4.55 Å². The normalized spacial score (nSPS) is 16.1. The summed E-state index contributed by atoms with van der Waals surface area (Å²) in [6.45, 7) is 4.11. The van der Waals surface area contributed by atoms with Crippen LogP contribution in [0.3, 0.4) is 0 Å². The number of hydrogen-bond acceptors (Lipinski definition) is 4. The van der Waals surface area contributed by atoms with Crippen LogP contribution in [0.4, 0.5) is 13.2 Å². The maximum Gasteiger partial charge on any atom is 0.438 e. The molecule has 1 atom stereocenters. The first-order valence-electron chi connectivity index (χ1n) is 4.41. The third kappa shape index (κ3) is 3.19. The molecule has 0 rings (SSSR count). The Kier molecular flexibility index (Phi) is 4.72. The van der Waals surface area contributed by atoms with E-state index in [2.05, 4.69) is 11.3 Å². The summed E-state index contributed by atoms with van der Waals surface area (Å²) in [5.41, 5.74) is 0. The predicted molar refractivity (Wildman–Crippen MR) is 51.5 cm³/mol. The Hall–Kier alpha value is -1.09. The van der Waals surface area contributed by atoms with Gasteiger partial charge in [0.15, 0.2) is 0 Å². The third-order valence-corrected chi connectivity index (χ3v) is 2.71. The summed E-state index contributed by atoms with van der Waals surface area (Å²) < 4.78 is 72.8. The van der Waals surface area contributed by atoms with Crippen molar-refractivity contribution in [2.45, 2.75) is 30.9 Å². The fourth-order valence-electron chi connectivity index (χ4n) is 0.971. The van der Waals surface area contributed by atoms with Crippen LogP contribution < -0.4 is 0 Å². The maximum absolute atomic E-state index is 13.7. The number of esters is 1. The van der Waals surface area contributed by atoms with Gasteiger partial charge in [-0.05, 0) is 6.42 Å². The fourth-order valence-corrected chi connectivity index (χ4v) is 1.50. The van der Waals surface area contributed by atoms with Gasteiger partial charge in [-0.1, -0.05) is 13.5 Å². The van der Waals surface area contributed by atoms with E-state index in [0.29, 0.717) is 6.08 Å². The quantitative estimate of drug-likeness (QED) is 0.453. The van der Waals surface area contributed by atoms with Gasteiger partial charge in [0.05, 0.1) is 0 Å². The number of rotatable bonds is 6. The second-order valence-electron chi connectivity index (χ2n) is 3.10. The van der Waals surface area contributed by atoms with Crippen LogP contribution in [0.1, 0.15) is 19.8 Å². The number of carbonyl (C=O) groups excluding carboxylic acids is 1. The summed E-state index contributed by atoms with van der Waals surface area (Å²) >= 11 is 0. The summed E-state index contributed by atoms with van der Waals surface area (Å²) in [4.78, 5) is 10.7. The Morgan fingerprint density at radius 1 is 1.47 bits per heavy atom. The van der Waals surface area contributed by atoms with Crippen LogP contribution in [0.5, 0.6) is 0 Å². The molecule has 1 N–H and O–H groups in total. The number of ether oxygens (including phenoxy) is 1. The fraction of sp³-hybridized carbons (Fsp3) is 0.625. The lowest BCUT2D eigenvalue weighted by atomic mass is 10.2. The van der Waals surface area contributed by atoms with E-state index >= 15 is 0 Å². The first kappa shape index (κ1) is 15.9. The van der Waals surface area contributed by atoms with Gasteiger partial charge < -0.3 is 4.74 Å². The van der Waals surface area contributed by atoms with E-state index in [1.165, 1.54) is 6.92 Å².